The Bertz CT molecular complexity index is 915. The van der Waals surface area contributed by atoms with Crippen molar-refractivity contribution in [2.75, 3.05) is 11.1 Å². The number of rotatable bonds is 7. The van der Waals surface area contributed by atoms with Crippen LogP contribution < -0.4 is 16.8 Å². The highest BCUT2D eigenvalue weighted by atomic mass is 16.4. The van der Waals surface area contributed by atoms with Crippen molar-refractivity contribution in [1.29, 1.82) is 0 Å². The van der Waals surface area contributed by atoms with Gasteiger partial charge in [0.25, 0.3) is 0 Å². The minimum Gasteiger partial charge on any atom is -0.480 e. The molecule has 0 aliphatic carbocycles. The van der Waals surface area contributed by atoms with E-state index in [0.717, 1.165) is 16.7 Å². The van der Waals surface area contributed by atoms with E-state index in [1.807, 2.05) is 30.3 Å². The van der Waals surface area contributed by atoms with Crippen LogP contribution >= 0.6 is 0 Å². The van der Waals surface area contributed by atoms with Gasteiger partial charge in [-0.3, -0.25) is 4.79 Å². The van der Waals surface area contributed by atoms with Gasteiger partial charge in [0.05, 0.1) is 0 Å². The minimum absolute atomic E-state index is 0.118. The molecule has 0 aliphatic heterocycles. The zero-order valence-corrected chi connectivity index (χ0v) is 14.5. The number of aromatic nitrogens is 3. The van der Waals surface area contributed by atoms with E-state index in [-0.39, 0.29) is 12.4 Å². The summed E-state index contributed by atoms with van der Waals surface area (Å²) in [6, 6.07) is 16.2. The second kappa shape index (κ2) is 8.24. The molecule has 0 saturated carbocycles. The maximum atomic E-state index is 10.9. The molecule has 0 aliphatic rings. The van der Waals surface area contributed by atoms with E-state index < -0.39 is 12.0 Å². The number of benzene rings is 2. The van der Waals surface area contributed by atoms with E-state index in [9.17, 15) is 4.79 Å². The third kappa shape index (κ3) is 4.99. The van der Waals surface area contributed by atoms with Gasteiger partial charge in [0.15, 0.2) is 5.82 Å². The average Bonchev–Trinajstić information content (AvgIpc) is 2.67. The molecular weight excluding hydrogens is 344 g/mol. The topological polar surface area (TPSA) is 140 Å². The Morgan fingerprint density at radius 3 is 2.37 bits per heavy atom. The molecule has 2 aromatic carbocycles. The molecule has 1 aromatic heterocycles. The molecule has 27 heavy (non-hydrogen) atoms. The zero-order valence-electron chi connectivity index (χ0n) is 14.5. The fourth-order valence-electron chi connectivity index (χ4n) is 2.51. The average molecular weight is 364 g/mol. The van der Waals surface area contributed by atoms with E-state index in [0.29, 0.717) is 18.3 Å². The highest BCUT2D eigenvalue weighted by molar-refractivity contribution is 5.73. The summed E-state index contributed by atoms with van der Waals surface area (Å²) >= 11 is 0. The molecular formula is C19H20N6O2. The first-order valence-electron chi connectivity index (χ1n) is 8.38. The maximum Gasteiger partial charge on any atom is 0.320 e. The lowest BCUT2D eigenvalue weighted by Crippen LogP contribution is -2.32. The van der Waals surface area contributed by atoms with Crippen molar-refractivity contribution in [1.82, 2.24) is 15.0 Å². The number of nitrogen functional groups attached to an aromatic ring is 1. The lowest BCUT2D eigenvalue weighted by atomic mass is 10.0. The van der Waals surface area contributed by atoms with Gasteiger partial charge in [-0.15, -0.1) is 0 Å². The number of nitrogens with one attached hydrogen (secondary N) is 1. The predicted molar refractivity (Wildman–Crippen MR) is 103 cm³/mol. The number of carboxylic acids is 1. The van der Waals surface area contributed by atoms with Crippen molar-refractivity contribution in [3.8, 4) is 11.4 Å². The van der Waals surface area contributed by atoms with Crippen molar-refractivity contribution in [3.63, 3.8) is 0 Å². The summed E-state index contributed by atoms with van der Waals surface area (Å²) in [4.78, 5) is 23.6. The number of nitrogens with two attached hydrogens (primary N) is 2. The van der Waals surface area contributed by atoms with Gasteiger partial charge in [0.1, 0.15) is 6.04 Å². The third-order valence-electron chi connectivity index (χ3n) is 3.93. The van der Waals surface area contributed by atoms with Crippen molar-refractivity contribution < 1.29 is 9.90 Å². The molecule has 3 rings (SSSR count). The molecule has 0 bridgehead atoms. The normalized spacial score (nSPS) is 11.7. The van der Waals surface area contributed by atoms with E-state index >= 15 is 0 Å². The van der Waals surface area contributed by atoms with Gasteiger partial charge in [-0.25, -0.2) is 0 Å². The summed E-state index contributed by atoms with van der Waals surface area (Å²) in [7, 11) is 0. The fourth-order valence-corrected chi connectivity index (χ4v) is 2.51. The van der Waals surface area contributed by atoms with E-state index in [1.165, 1.54) is 0 Å². The first-order chi connectivity index (χ1) is 13.0. The summed E-state index contributed by atoms with van der Waals surface area (Å²) in [6.45, 7) is 0.565. The molecule has 8 nitrogen and oxygen atoms in total. The first kappa shape index (κ1) is 18.3. The Morgan fingerprint density at radius 2 is 1.70 bits per heavy atom. The molecule has 6 N–H and O–H groups in total. The van der Waals surface area contributed by atoms with E-state index in [1.54, 1.807) is 24.3 Å². The van der Waals surface area contributed by atoms with Crippen LogP contribution in [0.25, 0.3) is 11.4 Å². The smallest absolute Gasteiger partial charge is 0.320 e. The number of carbonyl (C=O) groups is 1. The second-order valence-electron chi connectivity index (χ2n) is 6.03. The van der Waals surface area contributed by atoms with Crippen molar-refractivity contribution in [2.24, 2.45) is 5.73 Å². The largest absolute Gasteiger partial charge is 0.480 e. The summed E-state index contributed by atoms with van der Waals surface area (Å²) < 4.78 is 0. The molecule has 0 spiro atoms. The van der Waals surface area contributed by atoms with Crippen LogP contribution in [-0.4, -0.2) is 32.1 Å². The van der Waals surface area contributed by atoms with Gasteiger partial charge < -0.3 is 21.9 Å². The highest BCUT2D eigenvalue weighted by Gasteiger charge is 2.12. The van der Waals surface area contributed by atoms with Crippen molar-refractivity contribution >= 4 is 17.9 Å². The quantitative estimate of drug-likeness (QED) is 0.496. The standard InChI is InChI=1S/C19H20N6O2/c20-15(17(26)27)10-12-6-8-14(9-7-12)16-23-18(21)25-19(24-16)22-11-13-4-2-1-3-5-13/h1-9,15H,10-11,20H2,(H,26,27)(H3,21,22,23,24,25)/t15-/m0/s1. The van der Waals surface area contributed by atoms with Crippen LogP contribution in [0.15, 0.2) is 54.6 Å². The molecule has 0 fully saturated rings. The van der Waals surface area contributed by atoms with Gasteiger partial charge in [-0.2, -0.15) is 15.0 Å². The molecule has 0 radical (unpaired) electrons. The summed E-state index contributed by atoms with van der Waals surface area (Å²) in [5.41, 5.74) is 14.0. The Morgan fingerprint density at radius 1 is 1.00 bits per heavy atom. The fraction of sp³-hybridized carbons (Fsp3) is 0.158. The van der Waals surface area contributed by atoms with Crippen LogP contribution in [0.4, 0.5) is 11.9 Å². The summed E-state index contributed by atoms with van der Waals surface area (Å²) in [5, 5.41) is 12.0. The van der Waals surface area contributed by atoms with Crippen LogP contribution in [0.5, 0.6) is 0 Å². The molecule has 8 heteroatoms. The van der Waals surface area contributed by atoms with Crippen LogP contribution in [0, 0.1) is 0 Å². The van der Waals surface area contributed by atoms with Crippen LogP contribution in [0.3, 0.4) is 0 Å². The Balaban J connectivity index is 1.74. The second-order valence-corrected chi connectivity index (χ2v) is 6.03. The van der Waals surface area contributed by atoms with Crippen LogP contribution in [0.2, 0.25) is 0 Å². The molecule has 1 atom stereocenters. The van der Waals surface area contributed by atoms with Gasteiger partial charge in [-0.05, 0) is 17.5 Å². The number of aliphatic carboxylic acids is 1. The molecule has 0 amide bonds. The zero-order chi connectivity index (χ0) is 19.2. The van der Waals surface area contributed by atoms with Crippen molar-refractivity contribution in [2.45, 2.75) is 19.0 Å². The number of hydrogen-bond donors (Lipinski definition) is 4. The molecule has 138 valence electrons. The summed E-state index contributed by atoms with van der Waals surface area (Å²) in [6.07, 6.45) is 0.249. The minimum atomic E-state index is -1.03. The molecule has 1 heterocycles. The molecule has 0 unspecified atom stereocenters. The number of nitrogens with zero attached hydrogens (tertiary/aromatic N) is 3. The van der Waals surface area contributed by atoms with E-state index in [4.69, 9.17) is 16.6 Å². The Labute approximate surface area is 156 Å². The number of carboxylic acid groups (broad SMARTS) is 1. The van der Waals surface area contributed by atoms with Crippen LogP contribution in [-0.2, 0) is 17.8 Å². The highest BCUT2D eigenvalue weighted by Crippen LogP contribution is 2.18. The monoisotopic (exact) mass is 364 g/mol. The first-order valence-corrected chi connectivity index (χ1v) is 8.38. The number of hydrogen-bond acceptors (Lipinski definition) is 7. The van der Waals surface area contributed by atoms with Crippen LogP contribution in [0.1, 0.15) is 11.1 Å². The Hall–Kier alpha value is -3.52. The van der Waals surface area contributed by atoms with E-state index in [2.05, 4.69) is 20.3 Å². The predicted octanol–water partition coefficient (Wildman–Crippen LogP) is 1.69. The maximum absolute atomic E-state index is 10.9. The van der Waals surface area contributed by atoms with Gasteiger partial charge in [0, 0.05) is 12.1 Å². The number of anilines is 2. The lowest BCUT2D eigenvalue weighted by Gasteiger charge is -2.09. The van der Waals surface area contributed by atoms with Gasteiger partial charge >= 0.3 is 5.97 Å². The van der Waals surface area contributed by atoms with Crippen molar-refractivity contribution in [3.05, 3.63) is 65.7 Å². The molecule has 3 aromatic rings. The van der Waals surface area contributed by atoms with Gasteiger partial charge in [0.2, 0.25) is 11.9 Å². The summed E-state index contributed by atoms with van der Waals surface area (Å²) in [5.74, 6) is -0.0866. The third-order valence-corrected chi connectivity index (χ3v) is 3.93. The molecule has 0 saturated heterocycles. The SMILES string of the molecule is Nc1nc(NCc2ccccc2)nc(-c2ccc(C[C@H](N)C(=O)O)cc2)n1. The lowest BCUT2D eigenvalue weighted by molar-refractivity contribution is -0.138. The Kier molecular flexibility index (Phi) is 5.58. The van der Waals surface area contributed by atoms with Gasteiger partial charge in [-0.1, -0.05) is 54.6 Å².